The molecule has 0 spiro atoms. The molecular formula is C27H27N5OS. The van der Waals surface area contributed by atoms with Crippen molar-refractivity contribution in [3.8, 4) is 0 Å². The van der Waals surface area contributed by atoms with Gasteiger partial charge in [-0.2, -0.15) is 0 Å². The van der Waals surface area contributed by atoms with Crippen molar-refractivity contribution in [2.75, 3.05) is 26.0 Å². The zero-order chi connectivity index (χ0) is 23.5. The lowest BCUT2D eigenvalue weighted by Gasteiger charge is -2.11. The zero-order valence-electron chi connectivity index (χ0n) is 19.3. The molecule has 0 radical (unpaired) electrons. The molecule has 0 unspecified atom stereocenters. The minimum atomic E-state index is -0.108. The number of likely N-dealkylation sites (N-methyl/N-ethyl adjacent to an activating group) is 1. The van der Waals surface area contributed by atoms with Gasteiger partial charge in [-0.15, -0.1) is 11.8 Å². The van der Waals surface area contributed by atoms with E-state index in [1.54, 1.807) is 11.8 Å². The largest absolute Gasteiger partial charge is 0.346 e. The molecule has 2 aromatic carbocycles. The highest BCUT2D eigenvalue weighted by atomic mass is 32.2. The van der Waals surface area contributed by atoms with Gasteiger partial charge in [0.2, 0.25) is 0 Å². The summed E-state index contributed by atoms with van der Waals surface area (Å²) in [4.78, 5) is 20.7. The fourth-order valence-electron chi connectivity index (χ4n) is 3.90. The summed E-state index contributed by atoms with van der Waals surface area (Å²) in [5.41, 5.74) is 4.60. The summed E-state index contributed by atoms with van der Waals surface area (Å²) in [6.07, 6.45) is 6.16. The molecule has 7 heteroatoms. The normalized spacial score (nSPS) is 11.5. The van der Waals surface area contributed by atoms with Crippen LogP contribution in [-0.2, 0) is 12.3 Å². The number of fused-ring (bicyclic) bond motifs is 2. The van der Waals surface area contributed by atoms with Crippen LogP contribution in [0.1, 0.15) is 16.1 Å². The summed E-state index contributed by atoms with van der Waals surface area (Å²) in [6, 6.07) is 21.9. The minimum absolute atomic E-state index is 0.108. The highest BCUT2D eigenvalue weighted by Gasteiger charge is 2.09. The van der Waals surface area contributed by atoms with Crippen molar-refractivity contribution in [3.63, 3.8) is 0 Å². The second-order valence-corrected chi connectivity index (χ2v) is 9.60. The number of carbonyl (C=O) groups excluding carboxylic acids is 1. The van der Waals surface area contributed by atoms with Gasteiger partial charge in [-0.05, 0) is 74.8 Å². The fraction of sp³-hybridized carbons (Fsp3) is 0.185. The highest BCUT2D eigenvalue weighted by molar-refractivity contribution is 7.98. The lowest BCUT2D eigenvalue weighted by molar-refractivity contribution is 0.102. The first kappa shape index (κ1) is 22.3. The number of hydrogen-bond acceptors (Lipinski definition) is 4. The molecule has 0 saturated heterocycles. The smallest absolute Gasteiger partial charge is 0.255 e. The van der Waals surface area contributed by atoms with Gasteiger partial charge in [0, 0.05) is 64.5 Å². The Morgan fingerprint density at radius 1 is 1.03 bits per heavy atom. The molecule has 0 aliphatic heterocycles. The van der Waals surface area contributed by atoms with Gasteiger partial charge in [0.05, 0.1) is 5.69 Å². The monoisotopic (exact) mass is 469 g/mol. The second kappa shape index (κ2) is 9.75. The number of pyridine rings is 1. The van der Waals surface area contributed by atoms with Crippen LogP contribution in [0, 0.1) is 0 Å². The number of carbonyl (C=O) groups is 1. The van der Waals surface area contributed by atoms with Gasteiger partial charge in [-0.1, -0.05) is 6.07 Å². The Balaban J connectivity index is 1.20. The van der Waals surface area contributed by atoms with Crippen molar-refractivity contribution in [1.82, 2.24) is 18.9 Å². The van der Waals surface area contributed by atoms with Gasteiger partial charge in [-0.3, -0.25) is 4.79 Å². The number of hydrogen-bond donors (Lipinski definition) is 1. The van der Waals surface area contributed by atoms with E-state index in [1.807, 2.05) is 65.2 Å². The van der Waals surface area contributed by atoms with Crippen molar-refractivity contribution in [1.29, 1.82) is 0 Å². The number of rotatable bonds is 8. The number of anilines is 1. The number of benzene rings is 2. The lowest BCUT2D eigenvalue weighted by atomic mass is 10.2. The van der Waals surface area contributed by atoms with E-state index in [-0.39, 0.29) is 5.91 Å². The van der Waals surface area contributed by atoms with Gasteiger partial charge in [0.15, 0.2) is 0 Å². The number of nitrogens with one attached hydrogen (secondary N) is 1. The molecule has 172 valence electrons. The first-order valence-corrected chi connectivity index (χ1v) is 12.2. The van der Waals surface area contributed by atoms with Crippen molar-refractivity contribution >= 4 is 39.9 Å². The molecule has 5 rings (SSSR count). The minimum Gasteiger partial charge on any atom is -0.346 e. The van der Waals surface area contributed by atoms with Crippen LogP contribution >= 0.6 is 11.8 Å². The molecule has 0 saturated carbocycles. The van der Waals surface area contributed by atoms with Gasteiger partial charge in [0.25, 0.3) is 5.91 Å². The van der Waals surface area contributed by atoms with E-state index < -0.39 is 0 Å². The Hall–Kier alpha value is -3.55. The van der Waals surface area contributed by atoms with Gasteiger partial charge < -0.3 is 19.2 Å². The average molecular weight is 470 g/mol. The fourth-order valence-corrected chi connectivity index (χ4v) is 4.68. The Labute approximate surface area is 203 Å². The molecule has 34 heavy (non-hydrogen) atoms. The summed E-state index contributed by atoms with van der Waals surface area (Å²) >= 11 is 1.71. The molecule has 6 nitrogen and oxygen atoms in total. The molecule has 1 amide bonds. The average Bonchev–Trinajstić information content (AvgIpc) is 3.45. The van der Waals surface area contributed by atoms with Gasteiger partial charge in [0.1, 0.15) is 5.65 Å². The molecule has 0 fully saturated rings. The number of amides is 1. The molecule has 0 bridgehead atoms. The maximum Gasteiger partial charge on any atom is 0.255 e. The summed E-state index contributed by atoms with van der Waals surface area (Å²) < 4.78 is 4.27. The summed E-state index contributed by atoms with van der Waals surface area (Å²) in [7, 11) is 4.15. The van der Waals surface area contributed by atoms with E-state index in [4.69, 9.17) is 0 Å². The standard InChI is InChI=1S/C27H27N5OS/c1-30(2)15-16-31-14-12-21-17-22(8-11-25(21)31)29-27(33)20-6-9-24(10-7-20)34-19-23-18-32-13-4-3-5-26(32)28-23/h3-14,17-18H,15-16,19H2,1-2H3,(H,29,33). The van der Waals surface area contributed by atoms with E-state index in [0.717, 1.165) is 46.2 Å². The van der Waals surface area contributed by atoms with E-state index in [1.165, 1.54) is 5.52 Å². The van der Waals surface area contributed by atoms with Crippen molar-refractivity contribution < 1.29 is 4.79 Å². The van der Waals surface area contributed by atoms with Crippen LogP contribution < -0.4 is 5.32 Å². The van der Waals surface area contributed by atoms with Gasteiger partial charge in [-0.25, -0.2) is 4.98 Å². The second-order valence-electron chi connectivity index (χ2n) is 8.55. The van der Waals surface area contributed by atoms with Crippen LogP contribution in [0.2, 0.25) is 0 Å². The third-order valence-electron chi connectivity index (χ3n) is 5.73. The van der Waals surface area contributed by atoms with E-state index >= 15 is 0 Å². The first-order chi connectivity index (χ1) is 16.5. The molecule has 0 aliphatic carbocycles. The zero-order valence-corrected chi connectivity index (χ0v) is 20.1. The topological polar surface area (TPSA) is 54.6 Å². The van der Waals surface area contributed by atoms with Crippen molar-refractivity contribution in [3.05, 3.63) is 96.6 Å². The molecule has 0 aliphatic rings. The lowest BCUT2D eigenvalue weighted by Crippen LogP contribution is -2.17. The molecule has 1 N–H and O–H groups in total. The third kappa shape index (κ3) is 5.00. The number of thioether (sulfide) groups is 1. The van der Waals surface area contributed by atoms with Crippen molar-refractivity contribution in [2.24, 2.45) is 0 Å². The molecular weight excluding hydrogens is 442 g/mol. The number of aromatic nitrogens is 3. The summed E-state index contributed by atoms with van der Waals surface area (Å²) in [5, 5.41) is 4.15. The van der Waals surface area contributed by atoms with Crippen LogP contribution in [0.15, 0.2) is 90.2 Å². The first-order valence-electron chi connectivity index (χ1n) is 11.3. The predicted molar refractivity (Wildman–Crippen MR) is 140 cm³/mol. The number of imidazole rings is 1. The molecule has 5 aromatic rings. The molecule has 3 aromatic heterocycles. The summed E-state index contributed by atoms with van der Waals surface area (Å²) in [6.45, 7) is 1.92. The van der Waals surface area contributed by atoms with Crippen LogP contribution in [0.4, 0.5) is 5.69 Å². The van der Waals surface area contributed by atoms with E-state index in [9.17, 15) is 4.79 Å². The highest BCUT2D eigenvalue weighted by Crippen LogP contribution is 2.24. The Morgan fingerprint density at radius 2 is 1.88 bits per heavy atom. The maximum atomic E-state index is 12.8. The van der Waals surface area contributed by atoms with Crippen LogP contribution in [0.25, 0.3) is 16.6 Å². The van der Waals surface area contributed by atoms with Crippen LogP contribution in [0.5, 0.6) is 0 Å². The summed E-state index contributed by atoms with van der Waals surface area (Å²) in [5.74, 6) is 0.671. The predicted octanol–water partition coefficient (Wildman–Crippen LogP) is 5.40. The SMILES string of the molecule is CN(C)CCn1ccc2cc(NC(=O)c3ccc(SCc4cn5ccccc5n4)cc3)ccc21. The molecule has 0 atom stereocenters. The number of nitrogens with zero attached hydrogens (tertiary/aromatic N) is 4. The quantitative estimate of drug-likeness (QED) is 0.309. The van der Waals surface area contributed by atoms with Crippen molar-refractivity contribution in [2.45, 2.75) is 17.2 Å². The Bertz CT molecular complexity index is 1400. The Morgan fingerprint density at radius 3 is 2.68 bits per heavy atom. The maximum absolute atomic E-state index is 12.8. The van der Waals surface area contributed by atoms with Crippen LogP contribution in [-0.4, -0.2) is 45.4 Å². The van der Waals surface area contributed by atoms with E-state index in [2.05, 4.69) is 58.4 Å². The molecule has 3 heterocycles. The Kier molecular flexibility index (Phi) is 6.38. The third-order valence-corrected chi connectivity index (χ3v) is 6.78. The van der Waals surface area contributed by atoms with Crippen LogP contribution in [0.3, 0.4) is 0 Å². The van der Waals surface area contributed by atoms with E-state index in [0.29, 0.717) is 5.56 Å². The van der Waals surface area contributed by atoms with Gasteiger partial charge >= 0.3 is 0 Å².